The number of rotatable bonds is 3. The van der Waals surface area contributed by atoms with Crippen molar-refractivity contribution in [1.82, 2.24) is 15.0 Å². The first-order valence-electron chi connectivity index (χ1n) is 5.19. The summed E-state index contributed by atoms with van der Waals surface area (Å²) in [4.78, 5) is 30.5. The number of nitrogens with one attached hydrogen (secondary N) is 1. The number of hydrogen-bond acceptors (Lipinski definition) is 4. The van der Waals surface area contributed by atoms with Crippen LogP contribution in [0.3, 0.4) is 0 Å². The van der Waals surface area contributed by atoms with E-state index >= 15 is 0 Å². The van der Waals surface area contributed by atoms with Gasteiger partial charge in [-0.3, -0.25) is 9.78 Å². The molecule has 0 aliphatic carbocycles. The summed E-state index contributed by atoms with van der Waals surface area (Å²) in [6, 6.07) is 3.29. The number of nitrogens with zero attached hydrogens (tertiary/aromatic N) is 2. The van der Waals surface area contributed by atoms with Gasteiger partial charge < -0.3 is 15.8 Å². The number of primary amides is 1. The second-order valence-electron chi connectivity index (χ2n) is 3.28. The Bertz CT molecular complexity index is 550. The summed E-state index contributed by atoms with van der Waals surface area (Å²) < 4.78 is 0. The highest BCUT2D eigenvalue weighted by atomic mass is 16.4. The number of aliphatic carboxylic acids is 1. The minimum atomic E-state index is -0.963. The SMILES string of the molecule is NC(=O)c1cccnc1.O=C(O)C=Cc1cnc[nH]1. The van der Waals surface area contributed by atoms with Crippen LogP contribution in [0, 0.1) is 0 Å². The molecule has 0 radical (unpaired) electrons. The highest BCUT2D eigenvalue weighted by Gasteiger charge is 1.94. The van der Waals surface area contributed by atoms with Gasteiger partial charge in [0.25, 0.3) is 0 Å². The third-order valence-electron chi connectivity index (χ3n) is 1.87. The first-order chi connectivity index (χ1) is 9.09. The molecule has 7 nitrogen and oxygen atoms in total. The molecule has 2 heterocycles. The zero-order chi connectivity index (χ0) is 14.1. The van der Waals surface area contributed by atoms with Gasteiger partial charge >= 0.3 is 5.97 Å². The molecule has 2 aromatic rings. The largest absolute Gasteiger partial charge is 0.478 e. The van der Waals surface area contributed by atoms with E-state index < -0.39 is 11.9 Å². The van der Waals surface area contributed by atoms with Crippen LogP contribution < -0.4 is 5.73 Å². The molecule has 0 unspecified atom stereocenters. The van der Waals surface area contributed by atoms with Crippen LogP contribution in [0.25, 0.3) is 6.08 Å². The maximum absolute atomic E-state index is 10.4. The molecule has 4 N–H and O–H groups in total. The topological polar surface area (TPSA) is 122 Å². The third-order valence-corrected chi connectivity index (χ3v) is 1.87. The molecule has 0 spiro atoms. The van der Waals surface area contributed by atoms with Crippen LogP contribution in [-0.2, 0) is 4.79 Å². The standard InChI is InChI=1S/C6H6N2O2.C6H6N2O/c9-6(10)2-1-5-3-7-4-8-5;7-6(9)5-2-1-3-8-4-5/h1-4H,(H,7,8)(H,9,10);1-4H,(H2,7,9). The van der Waals surface area contributed by atoms with Crippen LogP contribution in [0.5, 0.6) is 0 Å². The van der Waals surface area contributed by atoms with Gasteiger partial charge in [-0.1, -0.05) is 0 Å². The maximum atomic E-state index is 10.4. The Morgan fingerprint density at radius 2 is 2.11 bits per heavy atom. The van der Waals surface area contributed by atoms with Gasteiger partial charge in [0.15, 0.2) is 0 Å². The number of carboxylic acid groups (broad SMARTS) is 1. The van der Waals surface area contributed by atoms with Crippen LogP contribution in [0.1, 0.15) is 16.1 Å². The molecule has 19 heavy (non-hydrogen) atoms. The van der Waals surface area contributed by atoms with Crippen LogP contribution in [0.2, 0.25) is 0 Å². The summed E-state index contributed by atoms with van der Waals surface area (Å²) >= 11 is 0. The fourth-order valence-electron chi connectivity index (χ4n) is 1.03. The van der Waals surface area contributed by atoms with E-state index in [2.05, 4.69) is 15.0 Å². The Morgan fingerprint density at radius 1 is 1.32 bits per heavy atom. The van der Waals surface area contributed by atoms with Crippen LogP contribution in [0.4, 0.5) is 0 Å². The highest BCUT2D eigenvalue weighted by Crippen LogP contribution is 1.93. The van der Waals surface area contributed by atoms with Gasteiger partial charge in [0, 0.05) is 18.5 Å². The van der Waals surface area contributed by atoms with Crippen LogP contribution in [-0.4, -0.2) is 31.9 Å². The summed E-state index contributed by atoms with van der Waals surface area (Å²) in [5, 5.41) is 8.19. The molecule has 0 aliphatic heterocycles. The minimum absolute atomic E-state index is 0.442. The molecule has 0 saturated carbocycles. The zero-order valence-electron chi connectivity index (χ0n) is 9.85. The maximum Gasteiger partial charge on any atom is 0.328 e. The first-order valence-corrected chi connectivity index (χ1v) is 5.19. The van der Waals surface area contributed by atoms with Crippen molar-refractivity contribution in [1.29, 1.82) is 0 Å². The molecular formula is C12H12N4O3. The second kappa shape index (κ2) is 7.38. The third kappa shape index (κ3) is 5.78. The first kappa shape index (κ1) is 14.1. The number of pyridine rings is 1. The number of carbonyl (C=O) groups is 2. The van der Waals surface area contributed by atoms with Gasteiger partial charge in [0.1, 0.15) is 0 Å². The van der Waals surface area contributed by atoms with E-state index in [9.17, 15) is 9.59 Å². The van der Waals surface area contributed by atoms with E-state index in [0.29, 0.717) is 11.3 Å². The number of carboxylic acids is 1. The van der Waals surface area contributed by atoms with Crippen molar-refractivity contribution in [3.8, 4) is 0 Å². The molecule has 0 bridgehead atoms. The lowest BCUT2D eigenvalue weighted by molar-refractivity contribution is -0.131. The van der Waals surface area contributed by atoms with E-state index in [1.165, 1.54) is 18.6 Å². The van der Waals surface area contributed by atoms with Crippen LogP contribution >= 0.6 is 0 Å². The average Bonchev–Trinajstić information content (AvgIpc) is 2.91. The van der Waals surface area contributed by atoms with Gasteiger partial charge in [-0.25, -0.2) is 9.78 Å². The normalized spacial score (nSPS) is 9.68. The molecule has 2 aromatic heterocycles. The number of H-pyrrole nitrogens is 1. The number of amides is 1. The van der Waals surface area contributed by atoms with Crippen molar-refractivity contribution in [2.24, 2.45) is 5.73 Å². The summed E-state index contributed by atoms with van der Waals surface area (Å²) in [5.41, 5.74) is 6.06. The summed E-state index contributed by atoms with van der Waals surface area (Å²) in [7, 11) is 0. The Labute approximate surface area is 108 Å². The Kier molecular flexibility index (Phi) is 5.48. The van der Waals surface area contributed by atoms with E-state index in [-0.39, 0.29) is 0 Å². The molecule has 0 aliphatic rings. The van der Waals surface area contributed by atoms with E-state index in [0.717, 1.165) is 6.08 Å². The van der Waals surface area contributed by atoms with Crippen molar-refractivity contribution in [2.75, 3.05) is 0 Å². The van der Waals surface area contributed by atoms with Crippen molar-refractivity contribution in [3.63, 3.8) is 0 Å². The van der Waals surface area contributed by atoms with Gasteiger partial charge in [-0.2, -0.15) is 0 Å². The van der Waals surface area contributed by atoms with Gasteiger partial charge in [-0.15, -0.1) is 0 Å². The molecule has 1 amide bonds. The van der Waals surface area contributed by atoms with E-state index in [1.54, 1.807) is 24.5 Å². The average molecular weight is 260 g/mol. The Morgan fingerprint density at radius 3 is 2.53 bits per heavy atom. The molecule has 98 valence electrons. The fourth-order valence-corrected chi connectivity index (χ4v) is 1.03. The highest BCUT2D eigenvalue weighted by molar-refractivity contribution is 5.92. The minimum Gasteiger partial charge on any atom is -0.478 e. The van der Waals surface area contributed by atoms with Crippen molar-refractivity contribution in [2.45, 2.75) is 0 Å². The van der Waals surface area contributed by atoms with Gasteiger partial charge in [0.05, 0.1) is 23.8 Å². The molecule has 2 rings (SSSR count). The van der Waals surface area contributed by atoms with Crippen molar-refractivity contribution >= 4 is 18.0 Å². The molecule has 0 atom stereocenters. The molecular weight excluding hydrogens is 248 g/mol. The molecule has 0 fully saturated rings. The van der Waals surface area contributed by atoms with Crippen LogP contribution in [0.15, 0.2) is 43.1 Å². The molecule has 7 heteroatoms. The van der Waals surface area contributed by atoms with E-state index in [4.69, 9.17) is 10.8 Å². The summed E-state index contributed by atoms with van der Waals surface area (Å²) in [5.74, 6) is -1.40. The number of aromatic nitrogens is 3. The lowest BCUT2D eigenvalue weighted by Crippen LogP contribution is -2.10. The lowest BCUT2D eigenvalue weighted by Gasteiger charge is -1.88. The number of nitrogens with two attached hydrogens (primary N) is 1. The second-order valence-corrected chi connectivity index (χ2v) is 3.28. The number of imidazole rings is 1. The lowest BCUT2D eigenvalue weighted by atomic mass is 10.3. The predicted molar refractivity (Wildman–Crippen MR) is 68.0 cm³/mol. The van der Waals surface area contributed by atoms with Gasteiger partial charge in [-0.05, 0) is 18.2 Å². The van der Waals surface area contributed by atoms with Crippen molar-refractivity contribution < 1.29 is 14.7 Å². The fraction of sp³-hybridized carbons (Fsp3) is 0. The number of aromatic amines is 1. The number of hydrogen-bond donors (Lipinski definition) is 3. The molecule has 0 saturated heterocycles. The molecule has 0 aromatic carbocycles. The summed E-state index contributed by atoms with van der Waals surface area (Å²) in [6.45, 7) is 0. The summed E-state index contributed by atoms with van der Waals surface area (Å²) in [6.07, 6.45) is 8.54. The van der Waals surface area contributed by atoms with Crippen molar-refractivity contribution in [3.05, 3.63) is 54.4 Å². The quantitative estimate of drug-likeness (QED) is 0.701. The smallest absolute Gasteiger partial charge is 0.328 e. The zero-order valence-corrected chi connectivity index (χ0v) is 9.85. The predicted octanol–water partition coefficient (Wildman–Crippen LogP) is 0.688. The van der Waals surface area contributed by atoms with Gasteiger partial charge in [0.2, 0.25) is 5.91 Å². The van der Waals surface area contributed by atoms with E-state index in [1.807, 2.05) is 0 Å². The monoisotopic (exact) mass is 260 g/mol. The number of carbonyl (C=O) groups excluding carboxylic acids is 1. The Balaban J connectivity index is 0.000000191. The Hall–Kier alpha value is -2.96.